The van der Waals surface area contributed by atoms with E-state index in [1.54, 1.807) is 11.8 Å². The van der Waals surface area contributed by atoms with Crippen molar-refractivity contribution in [3.8, 4) is 0 Å². The highest BCUT2D eigenvalue weighted by Gasteiger charge is 2.22. The molecule has 1 heterocycles. The highest BCUT2D eigenvalue weighted by molar-refractivity contribution is 7.98. The van der Waals surface area contributed by atoms with Crippen molar-refractivity contribution >= 4 is 17.7 Å². The van der Waals surface area contributed by atoms with Gasteiger partial charge in [0.05, 0.1) is 5.56 Å². The van der Waals surface area contributed by atoms with E-state index in [0.717, 1.165) is 42.4 Å². The molecule has 1 aliphatic rings. The SMILES string of the molecule is CN1CCN(C(=O)c2ccccc2SCc2ccccc2)CC1. The minimum atomic E-state index is 0.161. The minimum absolute atomic E-state index is 0.161. The summed E-state index contributed by atoms with van der Waals surface area (Å²) in [7, 11) is 2.10. The molecule has 0 bridgehead atoms. The number of carbonyl (C=O) groups is 1. The molecule has 0 spiro atoms. The lowest BCUT2D eigenvalue weighted by atomic mass is 10.2. The van der Waals surface area contributed by atoms with Crippen molar-refractivity contribution in [1.29, 1.82) is 0 Å². The molecule has 23 heavy (non-hydrogen) atoms. The summed E-state index contributed by atoms with van der Waals surface area (Å²) in [5, 5.41) is 0. The Labute approximate surface area is 142 Å². The maximum absolute atomic E-state index is 12.8. The summed E-state index contributed by atoms with van der Waals surface area (Å²) in [4.78, 5) is 18.1. The largest absolute Gasteiger partial charge is 0.336 e. The summed E-state index contributed by atoms with van der Waals surface area (Å²) < 4.78 is 0. The topological polar surface area (TPSA) is 23.6 Å². The molecule has 0 aromatic heterocycles. The highest BCUT2D eigenvalue weighted by atomic mass is 32.2. The van der Waals surface area contributed by atoms with Gasteiger partial charge in [0.2, 0.25) is 0 Å². The first-order valence-corrected chi connectivity index (χ1v) is 8.96. The van der Waals surface area contributed by atoms with E-state index in [1.165, 1.54) is 5.56 Å². The van der Waals surface area contributed by atoms with E-state index >= 15 is 0 Å². The summed E-state index contributed by atoms with van der Waals surface area (Å²) >= 11 is 1.74. The Morgan fingerprint density at radius 2 is 1.61 bits per heavy atom. The van der Waals surface area contributed by atoms with Gasteiger partial charge in [-0.15, -0.1) is 11.8 Å². The quantitative estimate of drug-likeness (QED) is 0.805. The van der Waals surface area contributed by atoms with Crippen LogP contribution in [0.3, 0.4) is 0 Å². The fourth-order valence-corrected chi connectivity index (χ4v) is 3.68. The first-order valence-electron chi connectivity index (χ1n) is 7.97. The molecule has 0 aliphatic carbocycles. The van der Waals surface area contributed by atoms with Gasteiger partial charge in [-0.05, 0) is 24.7 Å². The average Bonchev–Trinajstić information content (AvgIpc) is 2.61. The molecule has 0 radical (unpaired) electrons. The molecule has 1 amide bonds. The van der Waals surface area contributed by atoms with Crippen LogP contribution in [0.1, 0.15) is 15.9 Å². The molecular weight excluding hydrogens is 304 g/mol. The molecule has 4 heteroatoms. The Hall–Kier alpha value is -1.78. The molecule has 1 saturated heterocycles. The van der Waals surface area contributed by atoms with Crippen molar-refractivity contribution in [3.05, 3.63) is 65.7 Å². The molecule has 0 saturated carbocycles. The number of piperazine rings is 1. The minimum Gasteiger partial charge on any atom is -0.336 e. The van der Waals surface area contributed by atoms with Crippen LogP contribution in [0.4, 0.5) is 0 Å². The molecule has 2 aromatic carbocycles. The van der Waals surface area contributed by atoms with Crippen LogP contribution in [-0.4, -0.2) is 48.9 Å². The molecule has 2 aromatic rings. The number of rotatable bonds is 4. The van der Waals surface area contributed by atoms with E-state index in [-0.39, 0.29) is 5.91 Å². The normalized spacial score (nSPS) is 15.6. The maximum Gasteiger partial charge on any atom is 0.255 e. The number of nitrogens with zero attached hydrogens (tertiary/aromatic N) is 2. The van der Waals surface area contributed by atoms with E-state index in [0.29, 0.717) is 0 Å². The van der Waals surface area contributed by atoms with Gasteiger partial charge in [-0.2, -0.15) is 0 Å². The fourth-order valence-electron chi connectivity index (χ4n) is 2.68. The molecule has 3 nitrogen and oxygen atoms in total. The van der Waals surface area contributed by atoms with Crippen LogP contribution in [0, 0.1) is 0 Å². The summed E-state index contributed by atoms with van der Waals surface area (Å²) in [5.74, 6) is 1.04. The van der Waals surface area contributed by atoms with Crippen molar-refractivity contribution in [2.75, 3.05) is 33.2 Å². The second-order valence-corrected chi connectivity index (χ2v) is 6.88. The lowest BCUT2D eigenvalue weighted by molar-refractivity contribution is 0.0660. The predicted molar refractivity (Wildman–Crippen MR) is 95.8 cm³/mol. The first kappa shape index (κ1) is 16.1. The van der Waals surface area contributed by atoms with Crippen molar-refractivity contribution < 1.29 is 4.79 Å². The van der Waals surface area contributed by atoms with E-state index < -0.39 is 0 Å². The standard InChI is InChI=1S/C19H22N2OS/c1-20-11-13-21(14-12-20)19(22)17-9-5-6-10-18(17)23-15-16-7-3-2-4-8-16/h2-10H,11-15H2,1H3. The van der Waals surface area contributed by atoms with Crippen LogP contribution in [0.2, 0.25) is 0 Å². The van der Waals surface area contributed by atoms with Gasteiger partial charge >= 0.3 is 0 Å². The molecular formula is C19H22N2OS. The zero-order chi connectivity index (χ0) is 16.1. The number of hydrogen-bond donors (Lipinski definition) is 0. The van der Waals surface area contributed by atoms with Crippen molar-refractivity contribution in [1.82, 2.24) is 9.80 Å². The summed E-state index contributed by atoms with van der Waals surface area (Å²) in [6.45, 7) is 3.52. The van der Waals surface area contributed by atoms with Gasteiger partial charge < -0.3 is 9.80 Å². The number of hydrogen-bond acceptors (Lipinski definition) is 3. The van der Waals surface area contributed by atoms with Crippen LogP contribution >= 0.6 is 11.8 Å². The summed E-state index contributed by atoms with van der Waals surface area (Å²) in [6, 6.07) is 18.3. The van der Waals surface area contributed by atoms with Gasteiger partial charge in [0.25, 0.3) is 5.91 Å². The summed E-state index contributed by atoms with van der Waals surface area (Å²) in [6.07, 6.45) is 0. The van der Waals surface area contributed by atoms with Crippen LogP contribution in [0.25, 0.3) is 0 Å². The second kappa shape index (κ2) is 7.66. The van der Waals surface area contributed by atoms with Gasteiger partial charge in [-0.3, -0.25) is 4.79 Å². The van der Waals surface area contributed by atoms with E-state index in [2.05, 4.69) is 42.3 Å². The van der Waals surface area contributed by atoms with Crippen molar-refractivity contribution in [2.24, 2.45) is 0 Å². The monoisotopic (exact) mass is 326 g/mol. The maximum atomic E-state index is 12.8. The molecule has 0 atom stereocenters. The van der Waals surface area contributed by atoms with E-state index in [9.17, 15) is 4.79 Å². The van der Waals surface area contributed by atoms with Gasteiger partial charge in [0.15, 0.2) is 0 Å². The average molecular weight is 326 g/mol. The van der Waals surface area contributed by atoms with E-state index in [1.807, 2.05) is 29.2 Å². The lowest BCUT2D eigenvalue weighted by Crippen LogP contribution is -2.47. The predicted octanol–water partition coefficient (Wildman–Crippen LogP) is 3.37. The third kappa shape index (κ3) is 4.15. The third-order valence-electron chi connectivity index (χ3n) is 4.15. The lowest BCUT2D eigenvalue weighted by Gasteiger charge is -2.32. The van der Waals surface area contributed by atoms with Gasteiger partial charge in [0, 0.05) is 36.8 Å². The van der Waals surface area contributed by atoms with Crippen LogP contribution in [0.5, 0.6) is 0 Å². The summed E-state index contributed by atoms with van der Waals surface area (Å²) in [5.41, 5.74) is 2.11. The number of likely N-dealkylation sites (N-methyl/N-ethyl adjacent to an activating group) is 1. The number of benzene rings is 2. The first-order chi connectivity index (χ1) is 11.2. The van der Waals surface area contributed by atoms with Gasteiger partial charge in [0.1, 0.15) is 0 Å². The van der Waals surface area contributed by atoms with Crippen molar-refractivity contribution in [2.45, 2.75) is 10.6 Å². The highest BCUT2D eigenvalue weighted by Crippen LogP contribution is 2.27. The van der Waals surface area contributed by atoms with Crippen molar-refractivity contribution in [3.63, 3.8) is 0 Å². The van der Waals surface area contributed by atoms with E-state index in [4.69, 9.17) is 0 Å². The Morgan fingerprint density at radius 3 is 2.35 bits per heavy atom. The molecule has 3 rings (SSSR count). The molecule has 0 N–H and O–H groups in total. The Balaban J connectivity index is 1.71. The zero-order valence-corrected chi connectivity index (χ0v) is 14.3. The van der Waals surface area contributed by atoms with Crippen LogP contribution in [-0.2, 0) is 5.75 Å². The number of carbonyl (C=O) groups excluding carboxylic acids is 1. The second-order valence-electron chi connectivity index (χ2n) is 5.87. The zero-order valence-electron chi connectivity index (χ0n) is 13.4. The smallest absolute Gasteiger partial charge is 0.255 e. The fraction of sp³-hybridized carbons (Fsp3) is 0.316. The Bertz CT molecular complexity index is 651. The molecule has 120 valence electrons. The Kier molecular flexibility index (Phi) is 5.36. The van der Waals surface area contributed by atoms with Gasteiger partial charge in [-0.25, -0.2) is 0 Å². The number of thioether (sulfide) groups is 1. The van der Waals surface area contributed by atoms with Crippen LogP contribution in [0.15, 0.2) is 59.5 Å². The third-order valence-corrected chi connectivity index (χ3v) is 5.29. The van der Waals surface area contributed by atoms with Crippen LogP contribution < -0.4 is 0 Å². The molecule has 1 aliphatic heterocycles. The Morgan fingerprint density at radius 1 is 0.957 bits per heavy atom. The molecule has 0 unspecified atom stereocenters. The molecule has 1 fully saturated rings. The van der Waals surface area contributed by atoms with Gasteiger partial charge in [-0.1, -0.05) is 42.5 Å². The number of amides is 1.